The first kappa shape index (κ1) is 9.25. The summed E-state index contributed by atoms with van der Waals surface area (Å²) in [6.07, 6.45) is 0.895. The number of para-hydroxylation sites is 1. The largest absolute Gasteiger partial charge is 0.312 e. The molecule has 0 saturated heterocycles. The number of nitrogens with zero attached hydrogens (tertiary/aromatic N) is 1. The van der Waals surface area contributed by atoms with Crippen molar-refractivity contribution in [2.75, 3.05) is 11.4 Å². The number of hydrogen-bond donors (Lipinski definition) is 0. The normalized spacial score (nSPS) is 20.0. The van der Waals surface area contributed by atoms with Crippen LogP contribution >= 0.6 is 0 Å². The summed E-state index contributed by atoms with van der Waals surface area (Å²) >= 11 is 0. The fourth-order valence-electron chi connectivity index (χ4n) is 2.19. The number of amides is 1. The van der Waals surface area contributed by atoms with Crippen molar-refractivity contribution in [1.82, 2.24) is 0 Å². The average molecular weight is 189 g/mol. The van der Waals surface area contributed by atoms with Gasteiger partial charge < -0.3 is 4.90 Å². The zero-order chi connectivity index (χ0) is 10.1. The molecular weight excluding hydrogens is 174 g/mol. The number of carbonyl (C=O) groups excluding carboxylic acids is 1. The molecule has 0 saturated carbocycles. The van der Waals surface area contributed by atoms with Crippen molar-refractivity contribution in [3.8, 4) is 0 Å². The molecule has 14 heavy (non-hydrogen) atoms. The maximum atomic E-state index is 12.0. The van der Waals surface area contributed by atoms with Crippen LogP contribution in [0.2, 0.25) is 0 Å². The topological polar surface area (TPSA) is 20.3 Å². The van der Waals surface area contributed by atoms with E-state index in [1.54, 1.807) is 0 Å². The number of rotatable bonds is 2. The van der Waals surface area contributed by atoms with Crippen LogP contribution in [0, 0.1) is 0 Å². The zero-order valence-electron chi connectivity index (χ0n) is 8.66. The van der Waals surface area contributed by atoms with Crippen LogP contribution in [0.25, 0.3) is 0 Å². The van der Waals surface area contributed by atoms with E-state index in [4.69, 9.17) is 0 Å². The number of fused-ring (bicyclic) bond motifs is 1. The van der Waals surface area contributed by atoms with Crippen LogP contribution in [0.1, 0.15) is 31.7 Å². The minimum absolute atomic E-state index is 0.0890. The third-order valence-electron chi connectivity index (χ3n) is 2.89. The standard InChI is InChI=1S/C12H15NO/c1-3-9-10-7-5-6-8-11(10)13(4-2)12(9)14/h5-9H,3-4H2,1-2H3. The quantitative estimate of drug-likeness (QED) is 0.700. The van der Waals surface area contributed by atoms with Gasteiger partial charge in [-0.05, 0) is 25.0 Å². The molecule has 0 aromatic heterocycles. The molecule has 1 unspecified atom stereocenters. The molecule has 2 heteroatoms. The summed E-state index contributed by atoms with van der Waals surface area (Å²) in [7, 11) is 0. The van der Waals surface area contributed by atoms with Gasteiger partial charge in [-0.2, -0.15) is 0 Å². The first-order chi connectivity index (χ1) is 6.79. The molecule has 2 rings (SSSR count). The summed E-state index contributed by atoms with van der Waals surface area (Å²) in [5.41, 5.74) is 2.30. The van der Waals surface area contributed by atoms with Crippen LogP contribution < -0.4 is 4.90 Å². The number of carbonyl (C=O) groups is 1. The molecule has 0 fully saturated rings. The van der Waals surface area contributed by atoms with Gasteiger partial charge in [-0.15, -0.1) is 0 Å². The number of benzene rings is 1. The van der Waals surface area contributed by atoms with Crippen molar-refractivity contribution in [1.29, 1.82) is 0 Å². The van der Waals surface area contributed by atoms with E-state index < -0.39 is 0 Å². The van der Waals surface area contributed by atoms with Gasteiger partial charge in [0.1, 0.15) is 0 Å². The van der Waals surface area contributed by atoms with E-state index >= 15 is 0 Å². The minimum Gasteiger partial charge on any atom is -0.312 e. The lowest BCUT2D eigenvalue weighted by Gasteiger charge is -2.14. The Balaban J connectivity index is 2.50. The van der Waals surface area contributed by atoms with E-state index in [1.165, 1.54) is 5.56 Å². The summed E-state index contributed by atoms with van der Waals surface area (Å²) in [6, 6.07) is 8.10. The number of anilines is 1. The molecule has 0 radical (unpaired) electrons. The summed E-state index contributed by atoms with van der Waals surface area (Å²) in [5, 5.41) is 0. The third kappa shape index (κ3) is 1.14. The molecule has 2 nitrogen and oxygen atoms in total. The highest BCUT2D eigenvalue weighted by atomic mass is 16.2. The molecule has 0 aliphatic carbocycles. The van der Waals surface area contributed by atoms with Gasteiger partial charge in [0.2, 0.25) is 5.91 Å². The maximum Gasteiger partial charge on any atom is 0.234 e. The predicted octanol–water partition coefficient (Wildman–Crippen LogP) is 2.55. The van der Waals surface area contributed by atoms with Gasteiger partial charge in [-0.1, -0.05) is 25.1 Å². The highest BCUT2D eigenvalue weighted by Crippen LogP contribution is 2.38. The smallest absolute Gasteiger partial charge is 0.234 e. The second-order valence-corrected chi connectivity index (χ2v) is 3.60. The van der Waals surface area contributed by atoms with Crippen molar-refractivity contribution < 1.29 is 4.79 Å². The SMILES string of the molecule is CCC1C(=O)N(CC)c2ccccc21. The second kappa shape index (κ2) is 3.45. The lowest BCUT2D eigenvalue weighted by Crippen LogP contribution is -2.28. The van der Waals surface area contributed by atoms with Gasteiger partial charge in [0.05, 0.1) is 5.92 Å². The lowest BCUT2D eigenvalue weighted by atomic mass is 9.98. The van der Waals surface area contributed by atoms with Crippen molar-refractivity contribution in [2.24, 2.45) is 0 Å². The van der Waals surface area contributed by atoms with E-state index in [2.05, 4.69) is 13.0 Å². The van der Waals surface area contributed by atoms with Gasteiger partial charge in [0, 0.05) is 12.2 Å². The highest BCUT2D eigenvalue weighted by Gasteiger charge is 2.34. The molecule has 1 aromatic rings. The Morgan fingerprint density at radius 2 is 2.00 bits per heavy atom. The Bertz CT molecular complexity index is 326. The van der Waals surface area contributed by atoms with Crippen LogP contribution in [-0.4, -0.2) is 12.5 Å². The van der Waals surface area contributed by atoms with E-state index in [-0.39, 0.29) is 11.8 Å². The van der Waals surface area contributed by atoms with Crippen molar-refractivity contribution in [3.63, 3.8) is 0 Å². The van der Waals surface area contributed by atoms with Gasteiger partial charge in [-0.25, -0.2) is 0 Å². The molecule has 74 valence electrons. The Morgan fingerprint density at radius 1 is 1.29 bits per heavy atom. The minimum atomic E-state index is 0.0890. The monoisotopic (exact) mass is 189 g/mol. The first-order valence-corrected chi connectivity index (χ1v) is 5.19. The molecular formula is C12H15NO. The molecule has 1 heterocycles. The Morgan fingerprint density at radius 3 is 2.64 bits per heavy atom. The van der Waals surface area contributed by atoms with Crippen LogP contribution in [0.4, 0.5) is 5.69 Å². The number of hydrogen-bond acceptors (Lipinski definition) is 1. The van der Waals surface area contributed by atoms with Crippen LogP contribution in [0.15, 0.2) is 24.3 Å². The Labute approximate surface area is 84.5 Å². The van der Waals surface area contributed by atoms with Crippen molar-refractivity contribution >= 4 is 11.6 Å². The fraction of sp³-hybridized carbons (Fsp3) is 0.417. The highest BCUT2D eigenvalue weighted by molar-refractivity contribution is 6.04. The lowest BCUT2D eigenvalue weighted by molar-refractivity contribution is -0.119. The van der Waals surface area contributed by atoms with Crippen LogP contribution in [0.5, 0.6) is 0 Å². The van der Waals surface area contributed by atoms with E-state index in [9.17, 15) is 4.79 Å². The van der Waals surface area contributed by atoms with Crippen LogP contribution in [-0.2, 0) is 4.79 Å². The molecule has 0 spiro atoms. The average Bonchev–Trinajstić information content (AvgIpc) is 2.49. The Kier molecular flexibility index (Phi) is 2.28. The van der Waals surface area contributed by atoms with Gasteiger partial charge in [0.25, 0.3) is 0 Å². The summed E-state index contributed by atoms with van der Waals surface area (Å²) in [5.74, 6) is 0.349. The predicted molar refractivity (Wildman–Crippen MR) is 57.5 cm³/mol. The van der Waals surface area contributed by atoms with E-state index in [0.29, 0.717) is 0 Å². The molecule has 0 bridgehead atoms. The molecule has 0 N–H and O–H groups in total. The van der Waals surface area contributed by atoms with E-state index in [0.717, 1.165) is 18.7 Å². The summed E-state index contributed by atoms with van der Waals surface area (Å²) in [4.78, 5) is 13.8. The first-order valence-electron chi connectivity index (χ1n) is 5.19. The van der Waals surface area contributed by atoms with Crippen LogP contribution in [0.3, 0.4) is 0 Å². The summed E-state index contributed by atoms with van der Waals surface area (Å²) in [6.45, 7) is 4.86. The second-order valence-electron chi connectivity index (χ2n) is 3.60. The molecule has 1 aromatic carbocycles. The summed E-state index contributed by atoms with van der Waals surface area (Å²) < 4.78 is 0. The van der Waals surface area contributed by atoms with Gasteiger partial charge in [-0.3, -0.25) is 4.79 Å². The molecule has 1 atom stereocenters. The molecule has 1 amide bonds. The fourth-order valence-corrected chi connectivity index (χ4v) is 2.19. The van der Waals surface area contributed by atoms with Crippen molar-refractivity contribution in [2.45, 2.75) is 26.2 Å². The number of likely N-dealkylation sites (N-methyl/N-ethyl adjacent to an activating group) is 1. The van der Waals surface area contributed by atoms with E-state index in [1.807, 2.05) is 30.0 Å². The van der Waals surface area contributed by atoms with Crippen molar-refractivity contribution in [3.05, 3.63) is 29.8 Å². The maximum absolute atomic E-state index is 12.0. The third-order valence-corrected chi connectivity index (χ3v) is 2.89. The van der Waals surface area contributed by atoms with Gasteiger partial charge >= 0.3 is 0 Å². The zero-order valence-corrected chi connectivity index (χ0v) is 8.66. The Hall–Kier alpha value is -1.31. The molecule has 1 aliphatic rings. The van der Waals surface area contributed by atoms with Gasteiger partial charge in [0.15, 0.2) is 0 Å². The molecule has 1 aliphatic heterocycles.